The smallest absolute Gasteiger partial charge is 0.255 e. The van der Waals surface area contributed by atoms with Gasteiger partial charge in [-0.3, -0.25) is 9.59 Å². The van der Waals surface area contributed by atoms with Gasteiger partial charge in [-0.05, 0) is 25.1 Å². The molecule has 2 N–H and O–H groups in total. The molecule has 2 aromatic rings. The Balaban J connectivity index is 1.95. The van der Waals surface area contributed by atoms with E-state index in [2.05, 4.69) is 31.7 Å². The van der Waals surface area contributed by atoms with E-state index >= 15 is 0 Å². The summed E-state index contributed by atoms with van der Waals surface area (Å²) < 4.78 is 10.7. The van der Waals surface area contributed by atoms with E-state index in [0.29, 0.717) is 22.9 Å². The summed E-state index contributed by atoms with van der Waals surface area (Å²) in [6.45, 7) is 1.52. The number of benzene rings is 1. The Morgan fingerprint density at radius 2 is 2.14 bits per heavy atom. The van der Waals surface area contributed by atoms with Crippen LogP contribution in [0, 0.1) is 6.92 Å². The molecule has 116 valence electrons. The summed E-state index contributed by atoms with van der Waals surface area (Å²) in [7, 11) is 1.47. The van der Waals surface area contributed by atoms with E-state index in [4.69, 9.17) is 9.26 Å². The molecule has 8 heteroatoms. The maximum Gasteiger partial charge on any atom is 0.255 e. The highest BCUT2D eigenvalue weighted by atomic mass is 79.9. The van der Waals surface area contributed by atoms with Crippen LogP contribution < -0.4 is 15.4 Å². The third kappa shape index (κ3) is 4.08. The molecule has 22 heavy (non-hydrogen) atoms. The number of aromatic nitrogens is 1. The van der Waals surface area contributed by atoms with Crippen LogP contribution in [0.1, 0.15) is 16.1 Å². The number of hydrogen-bond acceptors (Lipinski definition) is 5. The fraction of sp³-hybridized carbons (Fsp3) is 0.214. The number of carbonyl (C=O) groups is 2. The van der Waals surface area contributed by atoms with Crippen LogP contribution in [0.25, 0.3) is 0 Å². The number of aryl methyl sites for hydroxylation is 1. The molecule has 0 aliphatic heterocycles. The van der Waals surface area contributed by atoms with Crippen LogP contribution in [0.5, 0.6) is 5.75 Å². The average Bonchev–Trinajstić information content (AvgIpc) is 2.89. The van der Waals surface area contributed by atoms with Crippen LogP contribution in [0.3, 0.4) is 0 Å². The minimum absolute atomic E-state index is 0.194. The molecule has 0 radical (unpaired) electrons. The molecule has 2 amide bonds. The van der Waals surface area contributed by atoms with E-state index in [1.807, 2.05) is 0 Å². The maximum atomic E-state index is 12.1. The number of nitrogens with one attached hydrogen (secondary N) is 2. The Labute approximate surface area is 135 Å². The van der Waals surface area contributed by atoms with Crippen molar-refractivity contribution in [2.45, 2.75) is 6.92 Å². The first-order valence-corrected chi connectivity index (χ1v) is 7.14. The number of rotatable bonds is 5. The number of carbonyl (C=O) groups excluding carboxylic acids is 2. The summed E-state index contributed by atoms with van der Waals surface area (Å²) in [5.74, 6) is 0.489. The third-order valence-corrected chi connectivity index (χ3v) is 3.20. The second-order valence-electron chi connectivity index (χ2n) is 4.40. The molecule has 0 saturated carbocycles. The van der Waals surface area contributed by atoms with Crippen molar-refractivity contribution in [3.8, 4) is 5.75 Å². The van der Waals surface area contributed by atoms with Crippen LogP contribution in [-0.4, -0.2) is 30.6 Å². The lowest BCUT2D eigenvalue weighted by atomic mass is 10.2. The molecule has 0 saturated heterocycles. The zero-order valence-electron chi connectivity index (χ0n) is 12.0. The van der Waals surface area contributed by atoms with E-state index in [1.165, 1.54) is 7.11 Å². The highest BCUT2D eigenvalue weighted by molar-refractivity contribution is 9.10. The van der Waals surface area contributed by atoms with Gasteiger partial charge in [0.15, 0.2) is 5.82 Å². The number of halogens is 1. The number of anilines is 1. The molecule has 2 rings (SSSR count). The molecule has 0 aliphatic carbocycles. The number of amides is 2. The summed E-state index contributed by atoms with van der Waals surface area (Å²) in [6, 6.07) is 6.62. The first-order valence-electron chi connectivity index (χ1n) is 6.34. The van der Waals surface area contributed by atoms with E-state index in [-0.39, 0.29) is 6.54 Å². The second kappa shape index (κ2) is 7.08. The van der Waals surface area contributed by atoms with Crippen molar-refractivity contribution in [2.24, 2.45) is 0 Å². The van der Waals surface area contributed by atoms with E-state index in [9.17, 15) is 9.59 Å². The summed E-state index contributed by atoms with van der Waals surface area (Å²) in [4.78, 5) is 23.8. The Hall–Kier alpha value is -2.35. The highest BCUT2D eigenvalue weighted by Gasteiger charge is 2.14. The average molecular weight is 368 g/mol. The Kier molecular flexibility index (Phi) is 5.16. The quantitative estimate of drug-likeness (QED) is 0.843. The SMILES string of the molecule is COc1ccc(Br)cc1C(=O)NCC(=O)Nc1cc(C)on1. The van der Waals surface area contributed by atoms with Gasteiger partial charge in [0.05, 0.1) is 19.2 Å². The second-order valence-corrected chi connectivity index (χ2v) is 5.31. The molecule has 0 bridgehead atoms. The lowest BCUT2D eigenvalue weighted by Gasteiger charge is -2.09. The fourth-order valence-electron chi connectivity index (χ4n) is 1.73. The van der Waals surface area contributed by atoms with Gasteiger partial charge in [-0.25, -0.2) is 0 Å². The largest absolute Gasteiger partial charge is 0.496 e. The lowest BCUT2D eigenvalue weighted by molar-refractivity contribution is -0.115. The van der Waals surface area contributed by atoms with Crippen molar-refractivity contribution in [2.75, 3.05) is 19.0 Å². The summed E-state index contributed by atoms with van der Waals surface area (Å²) in [6.07, 6.45) is 0. The van der Waals surface area contributed by atoms with Gasteiger partial charge in [0.1, 0.15) is 11.5 Å². The van der Waals surface area contributed by atoms with Gasteiger partial charge in [0.25, 0.3) is 5.91 Å². The predicted octanol–water partition coefficient (Wildman–Crippen LogP) is 2.12. The lowest BCUT2D eigenvalue weighted by Crippen LogP contribution is -2.33. The molecule has 0 atom stereocenters. The minimum atomic E-state index is -0.412. The summed E-state index contributed by atoms with van der Waals surface area (Å²) in [5, 5.41) is 8.66. The van der Waals surface area contributed by atoms with Crippen LogP contribution in [0.2, 0.25) is 0 Å². The highest BCUT2D eigenvalue weighted by Crippen LogP contribution is 2.22. The van der Waals surface area contributed by atoms with Crippen molar-refractivity contribution in [1.82, 2.24) is 10.5 Å². The molecule has 0 unspecified atom stereocenters. The Morgan fingerprint density at radius 1 is 1.36 bits per heavy atom. The number of methoxy groups -OCH3 is 1. The van der Waals surface area contributed by atoms with Gasteiger partial charge in [-0.1, -0.05) is 21.1 Å². The third-order valence-electron chi connectivity index (χ3n) is 2.71. The molecule has 7 nitrogen and oxygen atoms in total. The number of ether oxygens (including phenoxy) is 1. The van der Waals surface area contributed by atoms with Crippen molar-refractivity contribution in [1.29, 1.82) is 0 Å². The van der Waals surface area contributed by atoms with E-state index < -0.39 is 11.8 Å². The Morgan fingerprint density at radius 3 is 2.77 bits per heavy atom. The fourth-order valence-corrected chi connectivity index (χ4v) is 2.09. The maximum absolute atomic E-state index is 12.1. The Bertz CT molecular complexity index is 699. The number of hydrogen-bond donors (Lipinski definition) is 2. The standard InChI is InChI=1S/C14H14BrN3O4/c1-8-5-12(18-22-8)17-13(19)7-16-14(20)10-6-9(15)3-4-11(10)21-2/h3-6H,7H2,1-2H3,(H,16,20)(H,17,18,19). The summed E-state index contributed by atoms with van der Waals surface area (Å²) in [5.41, 5.74) is 0.335. The minimum Gasteiger partial charge on any atom is -0.496 e. The van der Waals surface area contributed by atoms with Gasteiger partial charge >= 0.3 is 0 Å². The molecular formula is C14H14BrN3O4. The van der Waals surface area contributed by atoms with Crippen LogP contribution in [0.4, 0.5) is 5.82 Å². The van der Waals surface area contributed by atoms with E-state index in [1.54, 1.807) is 31.2 Å². The van der Waals surface area contributed by atoms with Gasteiger partial charge in [0.2, 0.25) is 5.91 Å². The predicted molar refractivity (Wildman–Crippen MR) is 82.9 cm³/mol. The molecule has 0 fully saturated rings. The van der Waals surface area contributed by atoms with Gasteiger partial charge in [0, 0.05) is 10.5 Å². The summed E-state index contributed by atoms with van der Waals surface area (Å²) >= 11 is 3.29. The zero-order chi connectivity index (χ0) is 16.1. The van der Waals surface area contributed by atoms with Crippen LogP contribution in [-0.2, 0) is 4.79 Å². The molecule has 1 aromatic carbocycles. The topological polar surface area (TPSA) is 93.5 Å². The van der Waals surface area contributed by atoms with E-state index in [0.717, 1.165) is 4.47 Å². The van der Waals surface area contributed by atoms with Crippen molar-refractivity contribution >= 4 is 33.6 Å². The van der Waals surface area contributed by atoms with Crippen molar-refractivity contribution < 1.29 is 18.8 Å². The van der Waals surface area contributed by atoms with Gasteiger partial charge < -0.3 is 19.9 Å². The van der Waals surface area contributed by atoms with Crippen LogP contribution >= 0.6 is 15.9 Å². The monoisotopic (exact) mass is 367 g/mol. The molecule has 1 aromatic heterocycles. The zero-order valence-corrected chi connectivity index (χ0v) is 13.6. The van der Waals surface area contributed by atoms with Crippen molar-refractivity contribution in [3.63, 3.8) is 0 Å². The normalized spacial score (nSPS) is 10.1. The number of nitrogens with zero attached hydrogens (tertiary/aromatic N) is 1. The first-order chi connectivity index (χ1) is 10.5. The molecular weight excluding hydrogens is 354 g/mol. The van der Waals surface area contributed by atoms with Gasteiger partial charge in [-0.2, -0.15) is 0 Å². The molecule has 1 heterocycles. The molecule has 0 spiro atoms. The first kappa shape index (κ1) is 16.0. The van der Waals surface area contributed by atoms with Crippen LogP contribution in [0.15, 0.2) is 33.3 Å². The van der Waals surface area contributed by atoms with Crippen molar-refractivity contribution in [3.05, 3.63) is 40.1 Å². The van der Waals surface area contributed by atoms with Gasteiger partial charge in [-0.15, -0.1) is 0 Å². The molecule has 0 aliphatic rings.